The molecule has 0 spiro atoms. The summed E-state index contributed by atoms with van der Waals surface area (Å²) in [6, 6.07) is 35.4. The van der Waals surface area contributed by atoms with Crippen molar-refractivity contribution in [3.8, 4) is 34.0 Å². The fraction of sp³-hybridized carbons (Fsp3) is 0.0606. The zero-order chi connectivity index (χ0) is 27.9. The number of carbonyl (C=O) groups excluding carboxylic acids is 2. The van der Waals surface area contributed by atoms with Crippen LogP contribution in [0.3, 0.4) is 0 Å². The Hall–Kier alpha value is -5.43. The van der Waals surface area contributed by atoms with Gasteiger partial charge in [0.1, 0.15) is 5.75 Å². The number of para-hydroxylation sites is 1. The summed E-state index contributed by atoms with van der Waals surface area (Å²) in [6.07, 6.45) is 1.59. The molecule has 1 heterocycles. The lowest BCUT2D eigenvalue weighted by molar-refractivity contribution is 0.0526. The third-order valence-electron chi connectivity index (χ3n) is 6.30. The first-order valence-electron chi connectivity index (χ1n) is 12.8. The van der Waals surface area contributed by atoms with E-state index in [4.69, 9.17) is 4.74 Å². The minimum Gasteiger partial charge on any atom is -0.507 e. The SMILES string of the molecule is CCOC(=O)c1ccc(-n2c(-c3ccccc3)cc(/C=N/NC(=O)c3ccccc3O)c2-c2ccccc2)cc1. The third-order valence-corrected chi connectivity index (χ3v) is 6.30. The summed E-state index contributed by atoms with van der Waals surface area (Å²) < 4.78 is 7.26. The number of rotatable bonds is 8. The van der Waals surface area contributed by atoms with Gasteiger partial charge < -0.3 is 14.4 Å². The van der Waals surface area contributed by atoms with Gasteiger partial charge in [0.15, 0.2) is 0 Å². The molecule has 5 aromatic rings. The summed E-state index contributed by atoms with van der Waals surface area (Å²) in [4.78, 5) is 24.9. The lowest BCUT2D eigenvalue weighted by atomic mass is 10.1. The van der Waals surface area contributed by atoms with Crippen molar-refractivity contribution < 1.29 is 19.4 Å². The summed E-state index contributed by atoms with van der Waals surface area (Å²) in [6.45, 7) is 2.08. The molecule has 0 aliphatic heterocycles. The van der Waals surface area contributed by atoms with Crippen molar-refractivity contribution in [1.82, 2.24) is 9.99 Å². The number of carbonyl (C=O) groups is 2. The van der Waals surface area contributed by atoms with Crippen LogP contribution in [0.5, 0.6) is 5.75 Å². The summed E-state index contributed by atoms with van der Waals surface area (Å²) in [5, 5.41) is 14.3. The van der Waals surface area contributed by atoms with Gasteiger partial charge >= 0.3 is 5.97 Å². The molecule has 1 amide bonds. The Labute approximate surface area is 232 Å². The molecule has 0 unspecified atom stereocenters. The maximum Gasteiger partial charge on any atom is 0.338 e. The van der Waals surface area contributed by atoms with Crippen LogP contribution < -0.4 is 5.43 Å². The van der Waals surface area contributed by atoms with E-state index in [-0.39, 0.29) is 17.3 Å². The van der Waals surface area contributed by atoms with E-state index in [0.29, 0.717) is 12.2 Å². The molecule has 198 valence electrons. The van der Waals surface area contributed by atoms with Crippen LogP contribution in [0.15, 0.2) is 120 Å². The zero-order valence-corrected chi connectivity index (χ0v) is 21.8. The first kappa shape index (κ1) is 26.2. The minimum atomic E-state index is -0.520. The number of aromatic nitrogens is 1. The fourth-order valence-corrected chi connectivity index (χ4v) is 4.46. The number of esters is 1. The van der Waals surface area contributed by atoms with Gasteiger partial charge in [-0.3, -0.25) is 4.79 Å². The van der Waals surface area contributed by atoms with Crippen LogP contribution in [-0.2, 0) is 4.74 Å². The van der Waals surface area contributed by atoms with Crippen LogP contribution in [0, 0.1) is 0 Å². The summed E-state index contributed by atoms with van der Waals surface area (Å²) in [5.41, 5.74) is 8.38. The second-order valence-electron chi connectivity index (χ2n) is 8.88. The van der Waals surface area contributed by atoms with Crippen molar-refractivity contribution in [2.75, 3.05) is 6.61 Å². The molecule has 0 saturated heterocycles. The van der Waals surface area contributed by atoms with Gasteiger partial charge in [0, 0.05) is 11.3 Å². The van der Waals surface area contributed by atoms with Crippen LogP contribution in [0.4, 0.5) is 0 Å². The van der Waals surface area contributed by atoms with Gasteiger partial charge in [0.2, 0.25) is 0 Å². The lowest BCUT2D eigenvalue weighted by Crippen LogP contribution is -2.17. The lowest BCUT2D eigenvalue weighted by Gasteiger charge is -2.15. The first-order valence-corrected chi connectivity index (χ1v) is 12.8. The van der Waals surface area contributed by atoms with Crippen LogP contribution >= 0.6 is 0 Å². The average molecular weight is 530 g/mol. The largest absolute Gasteiger partial charge is 0.507 e. The van der Waals surface area contributed by atoms with E-state index < -0.39 is 5.91 Å². The Kier molecular flexibility index (Phi) is 7.83. The van der Waals surface area contributed by atoms with Gasteiger partial charge in [-0.2, -0.15) is 5.10 Å². The quantitative estimate of drug-likeness (QED) is 0.137. The molecule has 0 aliphatic carbocycles. The highest BCUT2D eigenvalue weighted by Gasteiger charge is 2.19. The van der Waals surface area contributed by atoms with Crippen molar-refractivity contribution in [1.29, 1.82) is 0 Å². The summed E-state index contributed by atoms with van der Waals surface area (Å²) in [7, 11) is 0. The molecule has 0 atom stereocenters. The molecule has 7 nitrogen and oxygen atoms in total. The molecule has 5 rings (SSSR count). The van der Waals surface area contributed by atoms with Crippen LogP contribution in [0.1, 0.15) is 33.2 Å². The van der Waals surface area contributed by atoms with E-state index in [2.05, 4.69) is 15.1 Å². The van der Waals surface area contributed by atoms with Crippen LogP contribution in [0.2, 0.25) is 0 Å². The predicted molar refractivity (Wildman–Crippen MR) is 156 cm³/mol. The Morgan fingerprint density at radius 1 is 0.850 bits per heavy atom. The van der Waals surface area contributed by atoms with Gasteiger partial charge in [0.05, 0.1) is 35.3 Å². The molecule has 0 bridgehead atoms. The number of ether oxygens (including phenoxy) is 1. The number of phenols is 1. The number of hydrazone groups is 1. The van der Waals surface area contributed by atoms with Crippen molar-refractivity contribution >= 4 is 18.1 Å². The van der Waals surface area contributed by atoms with Crippen molar-refractivity contribution in [3.05, 3.63) is 132 Å². The van der Waals surface area contributed by atoms with Gasteiger partial charge in [0.25, 0.3) is 5.91 Å². The van der Waals surface area contributed by atoms with E-state index in [1.165, 1.54) is 12.1 Å². The zero-order valence-electron chi connectivity index (χ0n) is 21.8. The number of hydrogen-bond acceptors (Lipinski definition) is 5. The van der Waals surface area contributed by atoms with Gasteiger partial charge in [-0.05, 0) is 60.5 Å². The van der Waals surface area contributed by atoms with Gasteiger partial charge in [-0.1, -0.05) is 72.8 Å². The summed E-state index contributed by atoms with van der Waals surface area (Å²) >= 11 is 0. The van der Waals surface area contributed by atoms with E-state index in [1.54, 1.807) is 37.4 Å². The maximum absolute atomic E-state index is 12.6. The number of aromatic hydroxyl groups is 1. The second kappa shape index (κ2) is 12.0. The topological polar surface area (TPSA) is 92.9 Å². The predicted octanol–water partition coefficient (Wildman–Crippen LogP) is 6.46. The van der Waals surface area contributed by atoms with Crippen molar-refractivity contribution in [3.63, 3.8) is 0 Å². The monoisotopic (exact) mass is 529 g/mol. The third kappa shape index (κ3) is 5.54. The van der Waals surface area contributed by atoms with E-state index in [0.717, 1.165) is 33.8 Å². The maximum atomic E-state index is 12.6. The first-order chi connectivity index (χ1) is 19.6. The number of benzene rings is 4. The number of hydrogen-bond donors (Lipinski definition) is 2. The Bertz CT molecular complexity index is 1660. The van der Waals surface area contributed by atoms with Crippen LogP contribution in [0.25, 0.3) is 28.2 Å². The number of phenolic OH excluding ortho intramolecular Hbond substituents is 1. The Morgan fingerprint density at radius 2 is 1.48 bits per heavy atom. The average Bonchev–Trinajstić information content (AvgIpc) is 3.38. The van der Waals surface area contributed by atoms with Crippen LogP contribution in [-0.4, -0.2) is 34.4 Å². The molecule has 0 saturated carbocycles. The molecule has 0 fully saturated rings. The fourth-order valence-electron chi connectivity index (χ4n) is 4.46. The number of nitrogens with one attached hydrogen (secondary N) is 1. The standard InChI is InChI=1S/C33H27N3O4/c1-2-40-33(39)25-17-19-27(20-18-25)36-29(23-11-5-3-6-12-23)21-26(31(36)24-13-7-4-8-14-24)22-34-35-32(38)28-15-9-10-16-30(28)37/h3-22,37H,2H2,1H3,(H,35,38)/b34-22+. The molecule has 2 N–H and O–H groups in total. The minimum absolute atomic E-state index is 0.121. The van der Waals surface area contributed by atoms with Gasteiger partial charge in [-0.15, -0.1) is 0 Å². The van der Waals surface area contributed by atoms with Crippen molar-refractivity contribution in [2.24, 2.45) is 5.10 Å². The Morgan fingerprint density at radius 3 is 2.12 bits per heavy atom. The van der Waals surface area contributed by atoms with Gasteiger partial charge in [-0.25, -0.2) is 10.2 Å². The smallest absolute Gasteiger partial charge is 0.338 e. The highest BCUT2D eigenvalue weighted by molar-refractivity contribution is 5.98. The normalized spacial score (nSPS) is 10.9. The van der Waals surface area contributed by atoms with E-state index >= 15 is 0 Å². The Balaban J connectivity index is 1.63. The number of nitrogens with zero attached hydrogens (tertiary/aromatic N) is 2. The molecule has 7 heteroatoms. The molecule has 0 aliphatic rings. The molecule has 4 aromatic carbocycles. The summed E-state index contributed by atoms with van der Waals surface area (Å²) in [5.74, 6) is -1.02. The van der Waals surface area contributed by atoms with Crippen molar-refractivity contribution in [2.45, 2.75) is 6.92 Å². The molecular formula is C33H27N3O4. The van der Waals surface area contributed by atoms with E-state index in [1.807, 2.05) is 78.9 Å². The number of amides is 1. The highest BCUT2D eigenvalue weighted by Crippen LogP contribution is 2.35. The molecule has 40 heavy (non-hydrogen) atoms. The highest BCUT2D eigenvalue weighted by atomic mass is 16.5. The van der Waals surface area contributed by atoms with E-state index in [9.17, 15) is 14.7 Å². The molecular weight excluding hydrogens is 502 g/mol. The molecule has 0 radical (unpaired) electrons. The molecule has 1 aromatic heterocycles. The second-order valence-corrected chi connectivity index (χ2v) is 8.88.